The molecular weight excluding hydrogens is 208 g/mol. The minimum atomic E-state index is 0.364. The van der Waals surface area contributed by atoms with Crippen LogP contribution in [-0.4, -0.2) is 30.6 Å². The second-order valence-corrected chi connectivity index (χ2v) is 7.82. The predicted octanol–water partition coefficient (Wildman–Crippen LogP) is 3.26. The van der Waals surface area contributed by atoms with Gasteiger partial charge in [-0.3, -0.25) is 0 Å². The van der Waals surface area contributed by atoms with E-state index in [-0.39, 0.29) is 0 Å². The maximum Gasteiger partial charge on any atom is 0.00559 e. The zero-order valence-corrected chi connectivity index (χ0v) is 12.6. The summed E-state index contributed by atoms with van der Waals surface area (Å²) in [7, 11) is 0. The van der Waals surface area contributed by atoms with E-state index in [1.807, 2.05) is 0 Å². The molecule has 1 heterocycles. The Labute approximate surface area is 108 Å². The van der Waals surface area contributed by atoms with Gasteiger partial charge in [0.1, 0.15) is 0 Å². The Morgan fingerprint density at radius 2 is 1.71 bits per heavy atom. The lowest BCUT2D eigenvalue weighted by molar-refractivity contribution is 0.128. The first kappa shape index (κ1) is 15.0. The smallest absolute Gasteiger partial charge is 0.00559 e. The van der Waals surface area contributed by atoms with E-state index in [1.165, 1.54) is 32.5 Å². The highest BCUT2D eigenvalue weighted by atomic mass is 15.1. The Balaban J connectivity index is 2.19. The first-order valence-corrected chi connectivity index (χ1v) is 7.16. The van der Waals surface area contributed by atoms with E-state index in [0.717, 1.165) is 12.8 Å². The van der Waals surface area contributed by atoms with Crippen molar-refractivity contribution >= 4 is 0 Å². The topological polar surface area (TPSA) is 29.3 Å². The molecule has 1 aliphatic rings. The van der Waals surface area contributed by atoms with Crippen molar-refractivity contribution in [2.75, 3.05) is 19.6 Å². The molecule has 1 saturated heterocycles. The molecule has 2 heteroatoms. The van der Waals surface area contributed by atoms with Crippen molar-refractivity contribution in [2.45, 2.75) is 66.3 Å². The lowest BCUT2D eigenvalue weighted by atomic mass is 9.82. The molecule has 2 N–H and O–H groups in total. The van der Waals surface area contributed by atoms with Crippen molar-refractivity contribution in [1.82, 2.24) is 4.90 Å². The Kier molecular flexibility index (Phi) is 5.03. The standard InChI is InChI=1S/C15H32N2/c1-14(2,3)12-13(16)6-9-17-10-7-15(4,5)8-11-17/h13H,6-12,16H2,1-5H3. The van der Waals surface area contributed by atoms with E-state index < -0.39 is 0 Å². The molecule has 1 fully saturated rings. The molecule has 1 atom stereocenters. The van der Waals surface area contributed by atoms with E-state index in [2.05, 4.69) is 39.5 Å². The Morgan fingerprint density at radius 1 is 1.18 bits per heavy atom. The van der Waals surface area contributed by atoms with Gasteiger partial charge in [0, 0.05) is 6.04 Å². The van der Waals surface area contributed by atoms with Crippen molar-refractivity contribution in [3.63, 3.8) is 0 Å². The van der Waals surface area contributed by atoms with Gasteiger partial charge in [-0.15, -0.1) is 0 Å². The third kappa shape index (κ3) is 6.42. The predicted molar refractivity (Wildman–Crippen MR) is 76.1 cm³/mol. The molecule has 2 nitrogen and oxygen atoms in total. The Bertz CT molecular complexity index is 218. The average Bonchev–Trinajstić information content (AvgIpc) is 2.13. The number of hydrogen-bond acceptors (Lipinski definition) is 2. The minimum absolute atomic E-state index is 0.364. The second kappa shape index (κ2) is 5.71. The summed E-state index contributed by atoms with van der Waals surface area (Å²) in [4.78, 5) is 2.59. The highest BCUT2D eigenvalue weighted by Crippen LogP contribution is 2.29. The molecule has 0 aromatic heterocycles. The Hall–Kier alpha value is -0.0800. The van der Waals surface area contributed by atoms with Crippen LogP contribution in [0.5, 0.6) is 0 Å². The molecule has 0 saturated carbocycles. The largest absolute Gasteiger partial charge is 0.328 e. The van der Waals surface area contributed by atoms with Crippen LogP contribution in [-0.2, 0) is 0 Å². The first-order valence-electron chi connectivity index (χ1n) is 7.16. The summed E-state index contributed by atoms with van der Waals surface area (Å²) in [6.45, 7) is 15.3. The molecule has 0 spiro atoms. The van der Waals surface area contributed by atoms with Gasteiger partial charge >= 0.3 is 0 Å². The summed E-state index contributed by atoms with van der Waals surface area (Å²) in [5, 5.41) is 0. The van der Waals surface area contributed by atoms with Crippen LogP contribution in [0.3, 0.4) is 0 Å². The highest BCUT2D eigenvalue weighted by Gasteiger charge is 2.25. The van der Waals surface area contributed by atoms with Crippen LogP contribution in [0, 0.1) is 10.8 Å². The second-order valence-electron chi connectivity index (χ2n) is 7.82. The molecule has 102 valence electrons. The van der Waals surface area contributed by atoms with Crippen LogP contribution in [0.1, 0.15) is 60.3 Å². The number of hydrogen-bond donors (Lipinski definition) is 1. The molecule has 0 bridgehead atoms. The summed E-state index contributed by atoms with van der Waals surface area (Å²) in [6, 6.07) is 0.366. The molecule has 17 heavy (non-hydrogen) atoms. The van der Waals surface area contributed by atoms with Gasteiger partial charge in [0.05, 0.1) is 0 Å². The van der Waals surface area contributed by atoms with Crippen molar-refractivity contribution in [3.8, 4) is 0 Å². The summed E-state index contributed by atoms with van der Waals surface area (Å²) in [5.41, 5.74) is 7.13. The fourth-order valence-corrected chi connectivity index (χ4v) is 2.62. The Morgan fingerprint density at radius 3 is 2.18 bits per heavy atom. The zero-order valence-electron chi connectivity index (χ0n) is 12.6. The van der Waals surface area contributed by atoms with Gasteiger partial charge in [0.2, 0.25) is 0 Å². The third-order valence-electron chi connectivity index (χ3n) is 3.90. The quantitative estimate of drug-likeness (QED) is 0.817. The van der Waals surface area contributed by atoms with Gasteiger partial charge in [-0.2, -0.15) is 0 Å². The van der Waals surface area contributed by atoms with Gasteiger partial charge in [0.25, 0.3) is 0 Å². The van der Waals surface area contributed by atoms with Crippen LogP contribution >= 0.6 is 0 Å². The number of nitrogens with two attached hydrogens (primary N) is 1. The van der Waals surface area contributed by atoms with Crippen LogP contribution < -0.4 is 5.73 Å². The summed E-state index contributed by atoms with van der Waals surface area (Å²) in [5.74, 6) is 0. The van der Waals surface area contributed by atoms with E-state index in [9.17, 15) is 0 Å². The molecule has 0 aromatic rings. The molecular formula is C15H32N2. The molecule has 0 aromatic carbocycles. The SMILES string of the molecule is CC(C)(C)CC(N)CCN1CCC(C)(C)CC1. The molecule has 0 amide bonds. The third-order valence-corrected chi connectivity index (χ3v) is 3.90. The molecule has 1 rings (SSSR count). The van der Waals surface area contributed by atoms with E-state index in [1.54, 1.807) is 0 Å². The normalized spacial score (nSPS) is 23.6. The maximum atomic E-state index is 6.20. The molecule has 0 aliphatic carbocycles. The summed E-state index contributed by atoms with van der Waals surface area (Å²) < 4.78 is 0. The van der Waals surface area contributed by atoms with E-state index >= 15 is 0 Å². The first-order chi connectivity index (χ1) is 7.68. The van der Waals surface area contributed by atoms with Crippen molar-refractivity contribution in [2.24, 2.45) is 16.6 Å². The fourth-order valence-electron chi connectivity index (χ4n) is 2.62. The van der Waals surface area contributed by atoms with Gasteiger partial charge in [0.15, 0.2) is 0 Å². The van der Waals surface area contributed by atoms with E-state index in [4.69, 9.17) is 5.73 Å². The number of likely N-dealkylation sites (tertiary alicyclic amines) is 1. The van der Waals surface area contributed by atoms with Gasteiger partial charge in [-0.1, -0.05) is 34.6 Å². The van der Waals surface area contributed by atoms with Crippen LogP contribution in [0.2, 0.25) is 0 Å². The van der Waals surface area contributed by atoms with E-state index in [0.29, 0.717) is 16.9 Å². The van der Waals surface area contributed by atoms with Gasteiger partial charge in [-0.05, 0) is 56.1 Å². The number of rotatable bonds is 4. The average molecular weight is 240 g/mol. The zero-order chi connectivity index (χ0) is 13.1. The van der Waals surface area contributed by atoms with Gasteiger partial charge in [-0.25, -0.2) is 0 Å². The lowest BCUT2D eigenvalue weighted by Gasteiger charge is -2.37. The maximum absolute atomic E-state index is 6.20. The molecule has 1 aliphatic heterocycles. The molecule has 1 unspecified atom stereocenters. The summed E-state index contributed by atoms with van der Waals surface area (Å²) in [6.07, 6.45) is 4.95. The van der Waals surface area contributed by atoms with Crippen molar-refractivity contribution < 1.29 is 0 Å². The number of nitrogens with zero attached hydrogens (tertiary/aromatic N) is 1. The highest BCUT2D eigenvalue weighted by molar-refractivity contribution is 4.80. The van der Waals surface area contributed by atoms with Crippen LogP contribution in [0.25, 0.3) is 0 Å². The van der Waals surface area contributed by atoms with Crippen LogP contribution in [0.15, 0.2) is 0 Å². The minimum Gasteiger partial charge on any atom is -0.328 e. The van der Waals surface area contributed by atoms with Crippen molar-refractivity contribution in [3.05, 3.63) is 0 Å². The number of piperidine rings is 1. The molecule has 0 radical (unpaired) electrons. The lowest BCUT2D eigenvalue weighted by Crippen LogP contribution is -2.40. The van der Waals surface area contributed by atoms with Gasteiger partial charge < -0.3 is 10.6 Å². The summed E-state index contributed by atoms with van der Waals surface area (Å²) >= 11 is 0. The van der Waals surface area contributed by atoms with Crippen LogP contribution in [0.4, 0.5) is 0 Å². The van der Waals surface area contributed by atoms with Crippen molar-refractivity contribution in [1.29, 1.82) is 0 Å². The monoisotopic (exact) mass is 240 g/mol. The fraction of sp³-hybridized carbons (Fsp3) is 1.00.